The van der Waals surface area contributed by atoms with Crippen molar-refractivity contribution in [2.75, 3.05) is 38.5 Å². The van der Waals surface area contributed by atoms with Gasteiger partial charge in [0.25, 0.3) is 5.91 Å². The molecule has 0 saturated carbocycles. The number of amides is 2. The largest absolute Gasteiger partial charge is 0.335 e. The highest BCUT2D eigenvalue weighted by Gasteiger charge is 2.22. The van der Waals surface area contributed by atoms with Crippen molar-refractivity contribution < 1.29 is 9.59 Å². The van der Waals surface area contributed by atoms with E-state index in [2.05, 4.69) is 15.2 Å². The standard InChI is InChI=1S/C17H20N4O2S/c1-20-7-9-21(10-8-20)16(23)14-12-24-17(18-14)19-15(22)11-13-5-3-2-4-6-13/h2-6,12H,7-11H2,1H3,(H,18,19,22). The van der Waals surface area contributed by atoms with Crippen LogP contribution in [0.1, 0.15) is 16.1 Å². The minimum Gasteiger partial charge on any atom is -0.335 e. The maximum absolute atomic E-state index is 12.4. The Bertz CT molecular complexity index is 708. The fourth-order valence-corrected chi connectivity index (χ4v) is 3.25. The number of carbonyl (C=O) groups excluding carboxylic acids is 2. The van der Waals surface area contributed by atoms with Crippen LogP contribution < -0.4 is 5.32 Å². The average molecular weight is 344 g/mol. The molecular weight excluding hydrogens is 324 g/mol. The number of nitrogens with one attached hydrogen (secondary N) is 1. The van der Waals surface area contributed by atoms with E-state index in [-0.39, 0.29) is 11.8 Å². The molecule has 2 amide bonds. The fourth-order valence-electron chi connectivity index (χ4n) is 2.55. The molecule has 0 aliphatic carbocycles. The van der Waals surface area contributed by atoms with Gasteiger partial charge in [0.2, 0.25) is 5.91 Å². The molecule has 1 aliphatic rings. The molecule has 126 valence electrons. The van der Waals surface area contributed by atoms with Crippen molar-refractivity contribution in [3.05, 3.63) is 47.0 Å². The Morgan fingerprint density at radius 1 is 1.17 bits per heavy atom. The van der Waals surface area contributed by atoms with E-state index in [0.29, 0.717) is 30.3 Å². The minimum atomic E-state index is -0.130. The zero-order chi connectivity index (χ0) is 16.9. The lowest BCUT2D eigenvalue weighted by atomic mass is 10.1. The lowest BCUT2D eigenvalue weighted by molar-refractivity contribution is -0.115. The first-order chi connectivity index (χ1) is 11.6. The molecule has 0 atom stereocenters. The average Bonchev–Trinajstić information content (AvgIpc) is 3.04. The molecule has 1 aliphatic heterocycles. The van der Waals surface area contributed by atoms with E-state index in [4.69, 9.17) is 0 Å². The van der Waals surface area contributed by atoms with Crippen LogP contribution in [0, 0.1) is 0 Å². The highest BCUT2D eigenvalue weighted by Crippen LogP contribution is 2.18. The molecule has 1 aromatic heterocycles. The molecule has 24 heavy (non-hydrogen) atoms. The summed E-state index contributed by atoms with van der Waals surface area (Å²) in [5.74, 6) is -0.197. The van der Waals surface area contributed by atoms with Crippen LogP contribution in [0.5, 0.6) is 0 Å². The van der Waals surface area contributed by atoms with Gasteiger partial charge in [-0.05, 0) is 12.6 Å². The topological polar surface area (TPSA) is 65.5 Å². The van der Waals surface area contributed by atoms with Crippen molar-refractivity contribution in [3.63, 3.8) is 0 Å². The number of anilines is 1. The normalized spacial score (nSPS) is 15.3. The molecule has 6 nitrogen and oxygen atoms in total. The number of hydrogen-bond acceptors (Lipinski definition) is 5. The Balaban J connectivity index is 1.57. The van der Waals surface area contributed by atoms with Crippen molar-refractivity contribution in [2.24, 2.45) is 0 Å². The Hall–Kier alpha value is -2.25. The van der Waals surface area contributed by atoms with Crippen LogP contribution in [0.2, 0.25) is 0 Å². The van der Waals surface area contributed by atoms with Gasteiger partial charge in [-0.15, -0.1) is 11.3 Å². The first-order valence-electron chi connectivity index (χ1n) is 7.89. The Kier molecular flexibility index (Phi) is 5.22. The van der Waals surface area contributed by atoms with Gasteiger partial charge in [-0.3, -0.25) is 9.59 Å². The molecule has 1 fully saturated rings. The van der Waals surface area contributed by atoms with Crippen LogP contribution in [-0.4, -0.2) is 59.8 Å². The SMILES string of the molecule is CN1CCN(C(=O)c2csc(NC(=O)Cc3ccccc3)n2)CC1. The molecule has 2 aromatic rings. The van der Waals surface area contributed by atoms with Crippen molar-refractivity contribution in [3.8, 4) is 0 Å². The monoisotopic (exact) mass is 344 g/mol. The summed E-state index contributed by atoms with van der Waals surface area (Å²) >= 11 is 1.28. The van der Waals surface area contributed by atoms with Crippen molar-refractivity contribution in [1.82, 2.24) is 14.8 Å². The van der Waals surface area contributed by atoms with E-state index in [9.17, 15) is 9.59 Å². The third-order valence-electron chi connectivity index (χ3n) is 3.97. The van der Waals surface area contributed by atoms with Gasteiger partial charge in [0, 0.05) is 31.6 Å². The Morgan fingerprint density at radius 3 is 2.58 bits per heavy atom. The van der Waals surface area contributed by atoms with Crippen molar-refractivity contribution in [2.45, 2.75) is 6.42 Å². The van der Waals surface area contributed by atoms with E-state index >= 15 is 0 Å². The summed E-state index contributed by atoms with van der Waals surface area (Å²) in [6, 6.07) is 9.53. The van der Waals surface area contributed by atoms with Crippen LogP contribution >= 0.6 is 11.3 Å². The van der Waals surface area contributed by atoms with Crippen molar-refractivity contribution in [1.29, 1.82) is 0 Å². The van der Waals surface area contributed by atoms with Gasteiger partial charge in [-0.2, -0.15) is 0 Å². The molecule has 1 N–H and O–H groups in total. The molecule has 2 heterocycles. The van der Waals surface area contributed by atoms with Crippen LogP contribution in [0.25, 0.3) is 0 Å². The number of aromatic nitrogens is 1. The predicted molar refractivity (Wildman–Crippen MR) is 94.3 cm³/mol. The van der Waals surface area contributed by atoms with Crippen LogP contribution in [0.15, 0.2) is 35.7 Å². The lowest BCUT2D eigenvalue weighted by Gasteiger charge is -2.31. The number of hydrogen-bond donors (Lipinski definition) is 1. The zero-order valence-corrected chi connectivity index (χ0v) is 14.4. The van der Waals surface area contributed by atoms with E-state index in [1.54, 1.807) is 5.38 Å². The maximum atomic E-state index is 12.4. The number of piperazine rings is 1. The summed E-state index contributed by atoms with van der Waals surface area (Å²) in [5.41, 5.74) is 1.35. The van der Waals surface area contributed by atoms with Gasteiger partial charge < -0.3 is 15.1 Å². The molecule has 1 aromatic carbocycles. The molecule has 0 bridgehead atoms. The van der Waals surface area contributed by atoms with E-state index in [1.165, 1.54) is 11.3 Å². The molecule has 1 saturated heterocycles. The first-order valence-corrected chi connectivity index (χ1v) is 8.77. The highest BCUT2D eigenvalue weighted by molar-refractivity contribution is 7.14. The third-order valence-corrected chi connectivity index (χ3v) is 4.73. The second-order valence-corrected chi connectivity index (χ2v) is 6.70. The zero-order valence-electron chi connectivity index (χ0n) is 13.6. The smallest absolute Gasteiger partial charge is 0.273 e. The number of likely N-dealkylation sites (N-methyl/N-ethyl adjacent to an activating group) is 1. The summed E-state index contributed by atoms with van der Waals surface area (Å²) in [5, 5.41) is 4.94. The summed E-state index contributed by atoms with van der Waals surface area (Å²) in [7, 11) is 2.05. The molecule has 0 unspecified atom stereocenters. The van der Waals surface area contributed by atoms with Gasteiger partial charge in [-0.25, -0.2) is 4.98 Å². The molecule has 3 rings (SSSR count). The quantitative estimate of drug-likeness (QED) is 0.917. The number of thiazole rings is 1. The van der Waals surface area contributed by atoms with Crippen LogP contribution in [0.3, 0.4) is 0 Å². The Morgan fingerprint density at radius 2 is 1.88 bits per heavy atom. The number of benzene rings is 1. The highest BCUT2D eigenvalue weighted by atomic mass is 32.1. The van der Waals surface area contributed by atoms with Crippen LogP contribution in [0.4, 0.5) is 5.13 Å². The minimum absolute atomic E-state index is 0.0668. The summed E-state index contributed by atoms with van der Waals surface area (Å²) in [6.45, 7) is 3.16. The summed E-state index contributed by atoms with van der Waals surface area (Å²) < 4.78 is 0. The van der Waals surface area contributed by atoms with Gasteiger partial charge in [0.1, 0.15) is 5.69 Å². The van der Waals surface area contributed by atoms with Gasteiger partial charge >= 0.3 is 0 Å². The molecule has 0 radical (unpaired) electrons. The lowest BCUT2D eigenvalue weighted by Crippen LogP contribution is -2.47. The second-order valence-electron chi connectivity index (χ2n) is 5.84. The third kappa shape index (κ3) is 4.18. The molecule has 0 spiro atoms. The second kappa shape index (κ2) is 7.55. The number of nitrogens with zero attached hydrogens (tertiary/aromatic N) is 3. The van der Waals surface area contributed by atoms with Gasteiger partial charge in [0.15, 0.2) is 5.13 Å². The van der Waals surface area contributed by atoms with Crippen LogP contribution in [-0.2, 0) is 11.2 Å². The number of carbonyl (C=O) groups is 2. The predicted octanol–water partition coefficient (Wildman–Crippen LogP) is 1.71. The fraction of sp³-hybridized carbons (Fsp3) is 0.353. The molecular formula is C17H20N4O2S. The van der Waals surface area contributed by atoms with E-state index in [0.717, 1.165) is 18.7 Å². The van der Waals surface area contributed by atoms with E-state index < -0.39 is 0 Å². The number of rotatable bonds is 4. The summed E-state index contributed by atoms with van der Waals surface area (Å²) in [6.07, 6.45) is 0.294. The van der Waals surface area contributed by atoms with E-state index in [1.807, 2.05) is 42.3 Å². The van der Waals surface area contributed by atoms with Gasteiger partial charge in [-0.1, -0.05) is 30.3 Å². The first kappa shape index (κ1) is 16.6. The van der Waals surface area contributed by atoms with Gasteiger partial charge in [0.05, 0.1) is 6.42 Å². The Labute approximate surface area is 145 Å². The molecule has 7 heteroatoms. The van der Waals surface area contributed by atoms with Crippen molar-refractivity contribution >= 4 is 28.3 Å². The summed E-state index contributed by atoms with van der Waals surface area (Å²) in [4.78, 5) is 32.8. The maximum Gasteiger partial charge on any atom is 0.273 e.